The van der Waals surface area contributed by atoms with Crippen LogP contribution in [0.2, 0.25) is 0 Å². The lowest BCUT2D eigenvalue weighted by Crippen LogP contribution is -2.60. The van der Waals surface area contributed by atoms with Gasteiger partial charge < -0.3 is 10.1 Å². The molecule has 0 spiro atoms. The second-order valence-electron chi connectivity index (χ2n) is 5.84. The van der Waals surface area contributed by atoms with E-state index in [0.29, 0.717) is 24.7 Å². The molecule has 0 saturated carbocycles. The van der Waals surface area contributed by atoms with Gasteiger partial charge in [-0.25, -0.2) is 0 Å². The van der Waals surface area contributed by atoms with Gasteiger partial charge >= 0.3 is 5.97 Å². The highest BCUT2D eigenvalue weighted by atomic mass is 16.5. The number of piperidine rings is 2. The van der Waals surface area contributed by atoms with Gasteiger partial charge in [0, 0.05) is 18.1 Å². The van der Waals surface area contributed by atoms with Gasteiger partial charge in [0.2, 0.25) is 0 Å². The molecule has 2 rings (SSSR count). The summed E-state index contributed by atoms with van der Waals surface area (Å²) in [5.74, 6) is -0.0544. The molecule has 1 N–H and O–H groups in total. The average molecular weight is 268 g/mol. The smallest absolute Gasteiger partial charge is 0.323 e. The topological polar surface area (TPSA) is 41.6 Å². The van der Waals surface area contributed by atoms with Gasteiger partial charge in [0.25, 0.3) is 0 Å². The van der Waals surface area contributed by atoms with Crippen LogP contribution >= 0.6 is 0 Å². The molecule has 2 aliphatic rings. The van der Waals surface area contributed by atoms with E-state index in [4.69, 9.17) is 4.74 Å². The number of carbonyl (C=O) groups excluding carboxylic acids is 1. The Morgan fingerprint density at radius 2 is 1.95 bits per heavy atom. The predicted molar refractivity (Wildman–Crippen MR) is 76.1 cm³/mol. The highest BCUT2D eigenvalue weighted by Crippen LogP contribution is 2.35. The van der Waals surface area contributed by atoms with Gasteiger partial charge in [-0.1, -0.05) is 13.3 Å². The molecule has 110 valence electrons. The summed E-state index contributed by atoms with van der Waals surface area (Å²) < 4.78 is 5.20. The van der Waals surface area contributed by atoms with E-state index in [9.17, 15) is 4.79 Å². The van der Waals surface area contributed by atoms with Gasteiger partial charge in [0.05, 0.1) is 6.61 Å². The molecule has 19 heavy (non-hydrogen) atoms. The number of esters is 1. The van der Waals surface area contributed by atoms with Crippen molar-refractivity contribution in [2.24, 2.45) is 0 Å². The molecule has 0 amide bonds. The van der Waals surface area contributed by atoms with E-state index < -0.39 is 0 Å². The summed E-state index contributed by atoms with van der Waals surface area (Å²) in [6.07, 6.45) is 6.10. The van der Waals surface area contributed by atoms with E-state index in [2.05, 4.69) is 17.1 Å². The quantitative estimate of drug-likeness (QED) is 0.774. The van der Waals surface area contributed by atoms with Gasteiger partial charge in [-0.2, -0.15) is 0 Å². The van der Waals surface area contributed by atoms with Crippen molar-refractivity contribution in [1.29, 1.82) is 0 Å². The van der Waals surface area contributed by atoms with Crippen LogP contribution in [-0.4, -0.2) is 48.2 Å². The summed E-state index contributed by atoms with van der Waals surface area (Å²) in [5.41, 5.74) is 0. The molecule has 3 unspecified atom stereocenters. The minimum Gasteiger partial charge on any atom is -0.465 e. The minimum atomic E-state index is -0.0853. The van der Waals surface area contributed by atoms with Crippen molar-refractivity contribution < 1.29 is 9.53 Å². The van der Waals surface area contributed by atoms with Crippen molar-refractivity contribution in [2.75, 3.05) is 13.2 Å². The Bertz CT molecular complexity index is 295. The van der Waals surface area contributed by atoms with E-state index >= 15 is 0 Å². The molecule has 0 aromatic carbocycles. The first kappa shape index (κ1) is 14.8. The van der Waals surface area contributed by atoms with E-state index in [1.54, 1.807) is 0 Å². The van der Waals surface area contributed by atoms with Crippen molar-refractivity contribution in [2.45, 2.75) is 77.0 Å². The monoisotopic (exact) mass is 268 g/mol. The Labute approximate surface area is 116 Å². The first-order valence-corrected chi connectivity index (χ1v) is 7.84. The van der Waals surface area contributed by atoms with Gasteiger partial charge in [0.1, 0.15) is 6.04 Å². The molecule has 4 nitrogen and oxygen atoms in total. The van der Waals surface area contributed by atoms with Crippen LogP contribution in [0.5, 0.6) is 0 Å². The lowest BCUT2D eigenvalue weighted by atomic mass is 9.80. The summed E-state index contributed by atoms with van der Waals surface area (Å²) in [6, 6.07) is 1.65. The van der Waals surface area contributed by atoms with Crippen LogP contribution in [0, 0.1) is 0 Å². The Morgan fingerprint density at radius 3 is 2.47 bits per heavy atom. The Balaban J connectivity index is 2.03. The molecular weight excluding hydrogens is 240 g/mol. The third-order valence-corrected chi connectivity index (χ3v) is 4.60. The van der Waals surface area contributed by atoms with Gasteiger partial charge in [-0.05, 0) is 46.1 Å². The fraction of sp³-hybridized carbons (Fsp3) is 0.933. The number of hydrogen-bond acceptors (Lipinski definition) is 4. The molecule has 2 saturated heterocycles. The Kier molecular flexibility index (Phi) is 5.22. The van der Waals surface area contributed by atoms with Crippen LogP contribution in [0.4, 0.5) is 0 Å². The van der Waals surface area contributed by atoms with Crippen LogP contribution in [0.15, 0.2) is 0 Å². The zero-order valence-corrected chi connectivity index (χ0v) is 12.5. The Hall–Kier alpha value is -0.610. The standard InChI is InChI=1S/C15H28N2O2/c1-4-16-12-9-13-7-6-8-14(10-12)17(13)11(3)15(18)19-5-2/h11-14,16H,4-10H2,1-3H3. The third-order valence-electron chi connectivity index (χ3n) is 4.60. The molecule has 0 aromatic rings. The highest BCUT2D eigenvalue weighted by molar-refractivity contribution is 5.75. The fourth-order valence-electron chi connectivity index (χ4n) is 3.89. The molecule has 2 aliphatic heterocycles. The van der Waals surface area contributed by atoms with Crippen molar-refractivity contribution in [3.8, 4) is 0 Å². The lowest BCUT2D eigenvalue weighted by molar-refractivity contribution is -0.153. The molecule has 2 fully saturated rings. The van der Waals surface area contributed by atoms with Crippen molar-refractivity contribution in [3.63, 3.8) is 0 Å². The molecular formula is C15H28N2O2. The molecule has 3 atom stereocenters. The number of ether oxygens (including phenoxy) is 1. The normalized spacial score (nSPS) is 32.9. The van der Waals surface area contributed by atoms with Gasteiger partial charge in [0.15, 0.2) is 0 Å². The second kappa shape index (κ2) is 6.71. The maximum atomic E-state index is 12.0. The predicted octanol–water partition coefficient (Wildman–Crippen LogP) is 1.93. The number of hydrogen-bond donors (Lipinski definition) is 1. The van der Waals surface area contributed by atoms with Crippen LogP contribution in [-0.2, 0) is 9.53 Å². The van der Waals surface area contributed by atoms with Crippen molar-refractivity contribution >= 4 is 5.97 Å². The minimum absolute atomic E-state index is 0.0544. The number of carbonyl (C=O) groups is 1. The zero-order chi connectivity index (χ0) is 13.8. The number of rotatable bonds is 5. The molecule has 2 heterocycles. The van der Waals surface area contributed by atoms with Crippen LogP contribution in [0.3, 0.4) is 0 Å². The summed E-state index contributed by atoms with van der Waals surface area (Å²) in [7, 11) is 0. The SMILES string of the molecule is CCNC1CC2CCCC(C1)N2C(C)C(=O)OCC. The first-order valence-electron chi connectivity index (χ1n) is 7.84. The largest absolute Gasteiger partial charge is 0.465 e. The van der Waals surface area contributed by atoms with Crippen LogP contribution < -0.4 is 5.32 Å². The van der Waals surface area contributed by atoms with E-state index in [1.165, 1.54) is 32.1 Å². The summed E-state index contributed by atoms with van der Waals surface area (Å²) in [6.45, 7) is 7.58. The van der Waals surface area contributed by atoms with E-state index in [1.807, 2.05) is 13.8 Å². The fourth-order valence-corrected chi connectivity index (χ4v) is 3.89. The Morgan fingerprint density at radius 1 is 1.32 bits per heavy atom. The molecule has 4 heteroatoms. The number of nitrogens with zero attached hydrogens (tertiary/aromatic N) is 1. The van der Waals surface area contributed by atoms with Crippen LogP contribution in [0.1, 0.15) is 52.9 Å². The highest BCUT2D eigenvalue weighted by Gasteiger charge is 2.42. The summed E-state index contributed by atoms with van der Waals surface area (Å²) in [4.78, 5) is 14.4. The molecule has 0 radical (unpaired) electrons. The second-order valence-corrected chi connectivity index (χ2v) is 5.84. The first-order chi connectivity index (χ1) is 9.17. The van der Waals surface area contributed by atoms with Crippen molar-refractivity contribution in [3.05, 3.63) is 0 Å². The molecule has 0 aromatic heterocycles. The maximum absolute atomic E-state index is 12.0. The number of fused-ring (bicyclic) bond motifs is 2. The molecule has 2 bridgehead atoms. The maximum Gasteiger partial charge on any atom is 0.323 e. The van der Waals surface area contributed by atoms with E-state index in [-0.39, 0.29) is 12.0 Å². The third kappa shape index (κ3) is 3.29. The average Bonchev–Trinajstić information content (AvgIpc) is 2.37. The van der Waals surface area contributed by atoms with Crippen LogP contribution in [0.25, 0.3) is 0 Å². The zero-order valence-electron chi connectivity index (χ0n) is 12.5. The van der Waals surface area contributed by atoms with E-state index in [0.717, 1.165) is 6.54 Å². The number of nitrogens with one attached hydrogen (secondary N) is 1. The summed E-state index contributed by atoms with van der Waals surface area (Å²) >= 11 is 0. The van der Waals surface area contributed by atoms with Gasteiger partial charge in [-0.15, -0.1) is 0 Å². The molecule has 0 aliphatic carbocycles. The van der Waals surface area contributed by atoms with Crippen molar-refractivity contribution in [1.82, 2.24) is 10.2 Å². The lowest BCUT2D eigenvalue weighted by Gasteiger charge is -2.50. The summed E-state index contributed by atoms with van der Waals surface area (Å²) in [5, 5.41) is 3.58. The van der Waals surface area contributed by atoms with Gasteiger partial charge in [-0.3, -0.25) is 9.69 Å².